The van der Waals surface area contributed by atoms with E-state index < -0.39 is 24.5 Å². The molecule has 6 nitrogen and oxygen atoms in total. The number of nitrogens with zero attached hydrogens (tertiary/aromatic N) is 1. The van der Waals surface area contributed by atoms with E-state index in [0.29, 0.717) is 23.5 Å². The second-order valence-electron chi connectivity index (χ2n) is 6.92. The number of imide groups is 1. The Balaban J connectivity index is 1.43. The zero-order valence-corrected chi connectivity index (χ0v) is 16.3. The number of ether oxygens (including phenoxy) is 2. The van der Waals surface area contributed by atoms with Gasteiger partial charge >= 0.3 is 5.97 Å². The molecule has 0 unspecified atom stereocenters. The molecule has 30 heavy (non-hydrogen) atoms. The van der Waals surface area contributed by atoms with Gasteiger partial charge in [-0.3, -0.25) is 9.59 Å². The van der Waals surface area contributed by atoms with Crippen molar-refractivity contribution in [3.8, 4) is 5.75 Å². The van der Waals surface area contributed by atoms with Crippen LogP contribution in [-0.2, 0) is 11.3 Å². The molecule has 4 rings (SSSR count). The van der Waals surface area contributed by atoms with Gasteiger partial charge in [0.25, 0.3) is 11.8 Å². The monoisotopic (exact) mass is 401 g/mol. The Labute approximate surface area is 173 Å². The van der Waals surface area contributed by atoms with Crippen LogP contribution in [0, 0.1) is 6.92 Å². The summed E-state index contributed by atoms with van der Waals surface area (Å²) in [5.41, 5.74) is 2.93. The Morgan fingerprint density at radius 3 is 2.23 bits per heavy atom. The number of carbonyl (C=O) groups excluding carboxylic acids is 3. The highest BCUT2D eigenvalue weighted by Crippen LogP contribution is 2.24. The fourth-order valence-electron chi connectivity index (χ4n) is 3.28. The van der Waals surface area contributed by atoms with Crippen molar-refractivity contribution in [3.63, 3.8) is 0 Å². The summed E-state index contributed by atoms with van der Waals surface area (Å²) in [6.45, 7) is 1.83. The van der Waals surface area contributed by atoms with Crippen molar-refractivity contribution in [1.29, 1.82) is 0 Å². The minimum atomic E-state index is -0.675. The number of esters is 1. The van der Waals surface area contributed by atoms with E-state index in [9.17, 15) is 14.4 Å². The van der Waals surface area contributed by atoms with Crippen LogP contribution in [0.3, 0.4) is 0 Å². The molecule has 0 bridgehead atoms. The van der Waals surface area contributed by atoms with Gasteiger partial charge in [0.2, 0.25) is 0 Å². The lowest BCUT2D eigenvalue weighted by Crippen LogP contribution is -2.33. The first-order valence-electron chi connectivity index (χ1n) is 9.44. The molecule has 0 saturated carbocycles. The Morgan fingerprint density at radius 1 is 0.867 bits per heavy atom. The fourth-order valence-corrected chi connectivity index (χ4v) is 3.28. The van der Waals surface area contributed by atoms with Crippen LogP contribution in [0.4, 0.5) is 0 Å². The summed E-state index contributed by atoms with van der Waals surface area (Å²) in [5.74, 6) is -1.27. The summed E-state index contributed by atoms with van der Waals surface area (Å²) in [5, 5.41) is 0. The van der Waals surface area contributed by atoms with Gasteiger partial charge in [0.05, 0.1) is 11.1 Å². The standard InChI is InChI=1S/C24H19NO5/c1-16-7-6-8-17(13-16)14-29-21-12-5-4-11-20(21)24(28)30-15-25-22(26)18-9-2-3-10-19(18)23(25)27/h2-13H,14-15H2,1H3. The quantitative estimate of drug-likeness (QED) is 0.461. The van der Waals surface area contributed by atoms with Gasteiger partial charge in [-0.15, -0.1) is 0 Å². The first-order valence-corrected chi connectivity index (χ1v) is 9.44. The molecule has 0 N–H and O–H groups in total. The molecule has 0 saturated heterocycles. The predicted molar refractivity (Wildman–Crippen MR) is 109 cm³/mol. The van der Waals surface area contributed by atoms with Crippen LogP contribution in [0.15, 0.2) is 72.8 Å². The molecule has 0 aliphatic carbocycles. The number of carbonyl (C=O) groups is 3. The van der Waals surface area contributed by atoms with E-state index in [0.717, 1.165) is 16.0 Å². The molecule has 0 fully saturated rings. The van der Waals surface area contributed by atoms with Crippen LogP contribution in [0.2, 0.25) is 0 Å². The third-order valence-corrected chi connectivity index (χ3v) is 4.79. The SMILES string of the molecule is Cc1cccc(COc2ccccc2C(=O)OCN2C(=O)c3ccccc3C2=O)c1. The molecule has 3 aromatic carbocycles. The number of aryl methyl sites for hydroxylation is 1. The molecule has 3 aromatic rings. The molecule has 6 heteroatoms. The first kappa shape index (κ1) is 19.4. The summed E-state index contributed by atoms with van der Waals surface area (Å²) in [4.78, 5) is 38.3. The second kappa shape index (κ2) is 8.21. The normalized spacial score (nSPS) is 12.6. The molecule has 2 amide bonds. The lowest BCUT2D eigenvalue weighted by atomic mass is 10.1. The van der Waals surface area contributed by atoms with Crippen LogP contribution in [0.25, 0.3) is 0 Å². The maximum Gasteiger partial charge on any atom is 0.343 e. The summed E-state index contributed by atoms with van der Waals surface area (Å²) in [7, 11) is 0. The van der Waals surface area contributed by atoms with Crippen LogP contribution >= 0.6 is 0 Å². The Bertz CT molecular complexity index is 1100. The molecule has 1 heterocycles. The van der Waals surface area contributed by atoms with Crippen molar-refractivity contribution >= 4 is 17.8 Å². The van der Waals surface area contributed by atoms with Gasteiger partial charge in [-0.25, -0.2) is 9.69 Å². The van der Waals surface area contributed by atoms with Crippen molar-refractivity contribution in [1.82, 2.24) is 4.90 Å². The number of hydrogen-bond acceptors (Lipinski definition) is 5. The van der Waals surface area contributed by atoms with Crippen molar-refractivity contribution in [2.75, 3.05) is 6.73 Å². The van der Waals surface area contributed by atoms with Gasteiger partial charge < -0.3 is 9.47 Å². The summed E-state index contributed by atoms with van der Waals surface area (Å²) < 4.78 is 11.1. The Hall–Kier alpha value is -3.93. The molecule has 0 radical (unpaired) electrons. The van der Waals surface area contributed by atoms with E-state index in [1.54, 1.807) is 48.5 Å². The average molecular weight is 401 g/mol. The van der Waals surface area contributed by atoms with Gasteiger partial charge in [-0.05, 0) is 36.8 Å². The third kappa shape index (κ3) is 3.80. The number of hydrogen-bond donors (Lipinski definition) is 0. The van der Waals surface area contributed by atoms with Crippen LogP contribution in [0.5, 0.6) is 5.75 Å². The molecule has 1 aliphatic rings. The zero-order chi connectivity index (χ0) is 21.1. The molecule has 150 valence electrons. The molecular weight excluding hydrogens is 382 g/mol. The van der Waals surface area contributed by atoms with Crippen LogP contribution in [0.1, 0.15) is 42.2 Å². The van der Waals surface area contributed by atoms with Gasteiger partial charge in [0, 0.05) is 0 Å². The predicted octanol–water partition coefficient (Wildman–Crippen LogP) is 3.98. The minimum Gasteiger partial charge on any atom is -0.488 e. The van der Waals surface area contributed by atoms with Crippen molar-refractivity contribution < 1.29 is 23.9 Å². The van der Waals surface area contributed by atoms with Gasteiger partial charge in [-0.1, -0.05) is 54.1 Å². The van der Waals surface area contributed by atoms with Crippen LogP contribution in [-0.4, -0.2) is 29.4 Å². The molecule has 0 atom stereocenters. The summed E-state index contributed by atoms with van der Waals surface area (Å²) in [6.07, 6.45) is 0. The average Bonchev–Trinajstić information content (AvgIpc) is 3.01. The third-order valence-electron chi connectivity index (χ3n) is 4.79. The second-order valence-corrected chi connectivity index (χ2v) is 6.92. The number of benzene rings is 3. The highest BCUT2D eigenvalue weighted by Gasteiger charge is 2.36. The zero-order valence-electron chi connectivity index (χ0n) is 16.3. The number of amides is 2. The fraction of sp³-hybridized carbons (Fsp3) is 0.125. The molecule has 0 aromatic heterocycles. The maximum absolute atomic E-state index is 12.6. The van der Waals surface area contributed by atoms with E-state index >= 15 is 0 Å². The topological polar surface area (TPSA) is 72.9 Å². The molecular formula is C24H19NO5. The van der Waals surface area contributed by atoms with E-state index in [2.05, 4.69) is 0 Å². The largest absolute Gasteiger partial charge is 0.488 e. The lowest BCUT2D eigenvalue weighted by Gasteiger charge is -2.15. The number of para-hydroxylation sites is 1. The Morgan fingerprint density at radius 2 is 1.53 bits per heavy atom. The van der Waals surface area contributed by atoms with Gasteiger partial charge in [0.15, 0.2) is 6.73 Å². The lowest BCUT2D eigenvalue weighted by molar-refractivity contribution is 0.0225. The summed E-state index contributed by atoms with van der Waals surface area (Å²) in [6, 6.07) is 21.1. The van der Waals surface area contributed by atoms with Gasteiger partial charge in [-0.2, -0.15) is 0 Å². The smallest absolute Gasteiger partial charge is 0.343 e. The van der Waals surface area contributed by atoms with E-state index in [-0.39, 0.29) is 5.56 Å². The van der Waals surface area contributed by atoms with E-state index in [1.165, 1.54) is 0 Å². The highest BCUT2D eigenvalue weighted by atomic mass is 16.5. The van der Waals surface area contributed by atoms with Crippen LogP contribution < -0.4 is 4.74 Å². The van der Waals surface area contributed by atoms with E-state index in [4.69, 9.17) is 9.47 Å². The molecule has 1 aliphatic heterocycles. The first-order chi connectivity index (χ1) is 14.5. The number of fused-ring (bicyclic) bond motifs is 1. The highest BCUT2D eigenvalue weighted by molar-refractivity contribution is 6.21. The Kier molecular flexibility index (Phi) is 5.30. The minimum absolute atomic E-state index is 0.224. The van der Waals surface area contributed by atoms with Crippen molar-refractivity contribution in [2.24, 2.45) is 0 Å². The van der Waals surface area contributed by atoms with Crippen molar-refractivity contribution in [3.05, 3.63) is 101 Å². The van der Waals surface area contributed by atoms with Gasteiger partial charge in [0.1, 0.15) is 17.9 Å². The van der Waals surface area contributed by atoms with E-state index in [1.807, 2.05) is 31.2 Å². The van der Waals surface area contributed by atoms with Crippen molar-refractivity contribution in [2.45, 2.75) is 13.5 Å². The molecule has 0 spiro atoms. The number of rotatable bonds is 6. The summed E-state index contributed by atoms with van der Waals surface area (Å²) >= 11 is 0. The maximum atomic E-state index is 12.6.